The first-order chi connectivity index (χ1) is 11.5. The Morgan fingerprint density at radius 3 is 2.52 bits per heavy atom. The van der Waals surface area contributed by atoms with Gasteiger partial charge in [-0.05, 0) is 55.5 Å². The van der Waals surface area contributed by atoms with Crippen molar-refractivity contribution < 1.29 is 19.4 Å². The van der Waals surface area contributed by atoms with E-state index < -0.39 is 17.5 Å². The molecule has 0 aliphatic carbocycles. The second-order valence-electron chi connectivity index (χ2n) is 6.30. The number of rotatable bonds is 4. The average Bonchev–Trinajstić information content (AvgIpc) is 2.71. The maximum Gasteiger partial charge on any atom is 0.328 e. The summed E-state index contributed by atoms with van der Waals surface area (Å²) in [5.41, 5.74) is 0.480. The lowest BCUT2D eigenvalue weighted by molar-refractivity contribution is -0.155. The Morgan fingerprint density at radius 1 is 1.32 bits per heavy atom. The van der Waals surface area contributed by atoms with Crippen LogP contribution in [-0.4, -0.2) is 27.2 Å². The number of nitrogens with zero attached hydrogens (tertiary/aromatic N) is 1. The highest BCUT2D eigenvalue weighted by Crippen LogP contribution is 2.37. The summed E-state index contributed by atoms with van der Waals surface area (Å²) in [5, 5.41) is 10.4. The van der Waals surface area contributed by atoms with Crippen LogP contribution in [0.15, 0.2) is 18.2 Å². The summed E-state index contributed by atoms with van der Waals surface area (Å²) < 4.78 is 7.77. The molecule has 0 radical (unpaired) electrons. The summed E-state index contributed by atoms with van der Waals surface area (Å²) in [5.74, 6) is -1.55. The zero-order valence-electron chi connectivity index (χ0n) is 13.8. The molecule has 0 amide bonds. The van der Waals surface area contributed by atoms with Gasteiger partial charge in [-0.2, -0.15) is 0 Å². The molecule has 1 aromatic carbocycles. The fraction of sp³-hybridized carbons (Fsp3) is 0.294. The summed E-state index contributed by atoms with van der Waals surface area (Å²) in [4.78, 5) is 23.2. The third-order valence-electron chi connectivity index (χ3n) is 3.18. The van der Waals surface area contributed by atoms with Crippen LogP contribution in [0.25, 0.3) is 17.0 Å². The molecule has 0 aliphatic heterocycles. The minimum atomic E-state index is -1.09. The number of ether oxygens (including phenoxy) is 1. The average molecular weight is 496 g/mol. The summed E-state index contributed by atoms with van der Waals surface area (Å²) >= 11 is 14.6. The van der Waals surface area contributed by atoms with E-state index in [1.54, 1.807) is 37.5 Å². The van der Waals surface area contributed by atoms with Gasteiger partial charge in [-0.3, -0.25) is 4.79 Å². The van der Waals surface area contributed by atoms with Gasteiger partial charge in [0.05, 0.1) is 21.3 Å². The summed E-state index contributed by atoms with van der Waals surface area (Å²) in [7, 11) is 0. The van der Waals surface area contributed by atoms with Gasteiger partial charge in [-0.25, -0.2) is 4.79 Å². The van der Waals surface area contributed by atoms with Crippen LogP contribution in [0.2, 0.25) is 10.0 Å². The van der Waals surface area contributed by atoms with Crippen molar-refractivity contribution in [3.8, 4) is 0 Å². The largest absolute Gasteiger partial charge is 0.478 e. The van der Waals surface area contributed by atoms with Crippen LogP contribution in [0, 0.1) is 3.57 Å². The number of carboxylic acid groups (broad SMARTS) is 1. The molecule has 8 heteroatoms. The number of benzene rings is 1. The van der Waals surface area contributed by atoms with Crippen molar-refractivity contribution >= 4 is 74.7 Å². The number of esters is 1. The minimum absolute atomic E-state index is 0.115. The smallest absolute Gasteiger partial charge is 0.328 e. The molecule has 1 heterocycles. The third-order valence-corrected chi connectivity index (χ3v) is 5.11. The standard InChI is InChI=1S/C17H16Cl2INO4/c1-17(2,3)25-13(24)8-21-11(6-7-12(22)23)15(20)9-4-5-10(18)14(19)16(9)21/h4-7H,8H2,1-3H3,(H,22,23)/b7-6+. The van der Waals surface area contributed by atoms with Crippen LogP contribution in [-0.2, 0) is 20.9 Å². The molecule has 1 N–H and O–H groups in total. The molecule has 1 aromatic heterocycles. The zero-order chi connectivity index (χ0) is 18.9. The Morgan fingerprint density at radius 2 is 1.96 bits per heavy atom. The molecule has 134 valence electrons. The highest BCUT2D eigenvalue weighted by Gasteiger charge is 2.22. The van der Waals surface area contributed by atoms with Gasteiger partial charge in [0.1, 0.15) is 12.1 Å². The van der Waals surface area contributed by atoms with Gasteiger partial charge >= 0.3 is 11.9 Å². The molecule has 0 bridgehead atoms. The molecule has 0 atom stereocenters. The van der Waals surface area contributed by atoms with Crippen LogP contribution in [0.3, 0.4) is 0 Å². The topological polar surface area (TPSA) is 68.5 Å². The molecule has 0 fully saturated rings. The molecular formula is C17H16Cl2INO4. The highest BCUT2D eigenvalue weighted by molar-refractivity contribution is 14.1. The Kier molecular flexibility index (Phi) is 6.06. The van der Waals surface area contributed by atoms with Crippen molar-refractivity contribution in [2.24, 2.45) is 0 Å². The van der Waals surface area contributed by atoms with E-state index in [2.05, 4.69) is 22.6 Å². The molecular weight excluding hydrogens is 480 g/mol. The first kappa shape index (κ1) is 20.1. The van der Waals surface area contributed by atoms with E-state index in [0.29, 0.717) is 21.3 Å². The number of fused-ring (bicyclic) bond motifs is 1. The van der Waals surface area contributed by atoms with E-state index in [-0.39, 0.29) is 6.54 Å². The monoisotopic (exact) mass is 495 g/mol. The molecule has 0 spiro atoms. The van der Waals surface area contributed by atoms with E-state index >= 15 is 0 Å². The van der Waals surface area contributed by atoms with Crippen LogP contribution in [0.4, 0.5) is 0 Å². The second-order valence-corrected chi connectivity index (χ2v) is 8.16. The van der Waals surface area contributed by atoms with Crippen molar-refractivity contribution in [1.82, 2.24) is 4.57 Å². The SMILES string of the molecule is CC(C)(C)OC(=O)Cn1c(/C=C/C(=O)O)c(I)c2ccc(Cl)c(Cl)c21. The van der Waals surface area contributed by atoms with Crippen LogP contribution in [0.1, 0.15) is 26.5 Å². The van der Waals surface area contributed by atoms with Crippen molar-refractivity contribution in [2.45, 2.75) is 32.9 Å². The van der Waals surface area contributed by atoms with Gasteiger partial charge in [0.15, 0.2) is 0 Å². The fourth-order valence-corrected chi connectivity index (χ4v) is 3.66. The number of aromatic nitrogens is 1. The lowest BCUT2D eigenvalue weighted by Gasteiger charge is -2.20. The van der Waals surface area contributed by atoms with Gasteiger partial charge in [-0.15, -0.1) is 0 Å². The molecule has 0 unspecified atom stereocenters. The first-order valence-electron chi connectivity index (χ1n) is 7.30. The molecule has 0 saturated heterocycles. The molecule has 2 aromatic rings. The zero-order valence-corrected chi connectivity index (χ0v) is 17.4. The number of aliphatic carboxylic acids is 1. The Balaban J connectivity index is 2.65. The maximum atomic E-state index is 12.3. The quantitative estimate of drug-likeness (QED) is 0.368. The molecule has 5 nitrogen and oxygen atoms in total. The Bertz CT molecular complexity index is 881. The lowest BCUT2D eigenvalue weighted by atomic mass is 10.2. The maximum absolute atomic E-state index is 12.3. The molecule has 0 saturated carbocycles. The van der Waals surface area contributed by atoms with Gasteiger partial charge in [0.25, 0.3) is 0 Å². The lowest BCUT2D eigenvalue weighted by Crippen LogP contribution is -2.26. The van der Waals surface area contributed by atoms with Gasteiger partial charge < -0.3 is 14.4 Å². The fourth-order valence-electron chi connectivity index (χ4n) is 2.34. The van der Waals surface area contributed by atoms with Crippen LogP contribution >= 0.6 is 45.8 Å². The van der Waals surface area contributed by atoms with E-state index in [1.807, 2.05) is 0 Å². The summed E-state index contributed by atoms with van der Waals surface area (Å²) in [6.07, 6.45) is 2.44. The molecule has 2 rings (SSSR count). The van der Waals surface area contributed by atoms with Crippen molar-refractivity contribution in [2.75, 3.05) is 0 Å². The van der Waals surface area contributed by atoms with Gasteiger partial charge in [-0.1, -0.05) is 29.3 Å². The van der Waals surface area contributed by atoms with Gasteiger partial charge in [0, 0.05) is 15.0 Å². The van der Waals surface area contributed by atoms with Crippen molar-refractivity contribution in [1.29, 1.82) is 0 Å². The number of carbonyl (C=O) groups is 2. The molecule has 25 heavy (non-hydrogen) atoms. The third kappa shape index (κ3) is 4.68. The second kappa shape index (κ2) is 7.55. The Hall–Kier alpha value is -1.25. The van der Waals surface area contributed by atoms with E-state index in [9.17, 15) is 9.59 Å². The first-order valence-corrected chi connectivity index (χ1v) is 9.13. The summed E-state index contributed by atoms with van der Waals surface area (Å²) in [6.45, 7) is 5.21. The Labute approximate surface area is 168 Å². The van der Waals surface area contributed by atoms with E-state index in [4.69, 9.17) is 33.0 Å². The normalized spacial score (nSPS) is 12.1. The number of hydrogen-bond acceptors (Lipinski definition) is 3. The van der Waals surface area contributed by atoms with Gasteiger partial charge in [0.2, 0.25) is 0 Å². The predicted molar refractivity (Wildman–Crippen MR) is 107 cm³/mol. The van der Waals surface area contributed by atoms with Crippen LogP contribution < -0.4 is 0 Å². The number of carboxylic acids is 1. The van der Waals surface area contributed by atoms with E-state index in [1.165, 1.54) is 6.08 Å². The van der Waals surface area contributed by atoms with Crippen molar-refractivity contribution in [3.05, 3.63) is 37.5 Å². The minimum Gasteiger partial charge on any atom is -0.478 e. The van der Waals surface area contributed by atoms with Crippen LogP contribution in [0.5, 0.6) is 0 Å². The molecule has 0 aliphatic rings. The number of hydrogen-bond donors (Lipinski definition) is 1. The van der Waals surface area contributed by atoms with E-state index in [0.717, 1.165) is 15.0 Å². The number of halogens is 3. The number of carbonyl (C=O) groups excluding carboxylic acids is 1. The summed E-state index contributed by atoms with van der Waals surface area (Å²) in [6, 6.07) is 3.45. The van der Waals surface area contributed by atoms with Crippen molar-refractivity contribution in [3.63, 3.8) is 0 Å². The highest BCUT2D eigenvalue weighted by atomic mass is 127. The predicted octanol–water partition coefficient (Wildman–Crippen LogP) is 4.99.